The highest BCUT2D eigenvalue weighted by atomic mass is 35.5. The van der Waals surface area contributed by atoms with Crippen molar-refractivity contribution >= 4 is 44.6 Å². The fourth-order valence-corrected chi connectivity index (χ4v) is 4.85. The second-order valence-corrected chi connectivity index (χ2v) is 10.2. The lowest BCUT2D eigenvalue weighted by atomic mass is 10.3. The van der Waals surface area contributed by atoms with E-state index >= 15 is 0 Å². The summed E-state index contributed by atoms with van der Waals surface area (Å²) in [4.78, 5) is 12.7. The van der Waals surface area contributed by atoms with Crippen LogP contribution in [0.2, 0.25) is 10.0 Å². The fraction of sp³-hybridized carbons (Fsp3) is 0.0800. The van der Waals surface area contributed by atoms with Crippen LogP contribution in [0.25, 0.3) is 0 Å². The van der Waals surface area contributed by atoms with E-state index in [9.17, 15) is 17.6 Å². The predicted octanol–water partition coefficient (Wildman–Crippen LogP) is 6.40. The molecule has 36 heavy (non-hydrogen) atoms. The minimum Gasteiger partial charge on any atom is -0.497 e. The van der Waals surface area contributed by atoms with Gasteiger partial charge in [-0.05, 0) is 66.7 Å². The van der Waals surface area contributed by atoms with E-state index in [4.69, 9.17) is 37.1 Å². The Labute approximate surface area is 216 Å². The maximum absolute atomic E-state index is 13.2. The molecule has 3 aromatic carbocycles. The van der Waals surface area contributed by atoms with Crippen molar-refractivity contribution < 1.29 is 31.5 Å². The van der Waals surface area contributed by atoms with Crippen LogP contribution in [0.5, 0.6) is 11.5 Å². The largest absolute Gasteiger partial charge is 0.497 e. The van der Waals surface area contributed by atoms with Gasteiger partial charge in [-0.15, -0.1) is 0 Å². The number of hydrogen-bond donors (Lipinski definition) is 1. The van der Waals surface area contributed by atoms with Gasteiger partial charge in [0.15, 0.2) is 5.76 Å². The van der Waals surface area contributed by atoms with Gasteiger partial charge in [0, 0.05) is 16.8 Å². The van der Waals surface area contributed by atoms with Crippen LogP contribution in [0.4, 0.5) is 10.1 Å². The Morgan fingerprint density at radius 1 is 0.972 bits per heavy atom. The quantitative estimate of drug-likeness (QED) is 0.273. The maximum atomic E-state index is 13.2. The molecule has 0 saturated heterocycles. The van der Waals surface area contributed by atoms with Gasteiger partial charge >= 0.3 is 0 Å². The molecule has 11 heteroatoms. The van der Waals surface area contributed by atoms with Crippen LogP contribution in [-0.2, 0) is 16.4 Å². The summed E-state index contributed by atoms with van der Waals surface area (Å²) >= 11 is 11.8. The Hall–Kier alpha value is -3.53. The molecule has 1 N–H and O–H groups in total. The van der Waals surface area contributed by atoms with Gasteiger partial charge in [-0.2, -0.15) is 0 Å². The smallest absolute Gasteiger partial charge is 0.291 e. The molecule has 0 atom stereocenters. The number of anilines is 1. The van der Waals surface area contributed by atoms with E-state index in [0.29, 0.717) is 10.8 Å². The van der Waals surface area contributed by atoms with Crippen molar-refractivity contribution in [2.75, 3.05) is 12.4 Å². The number of nitrogens with one attached hydrogen (secondary N) is 1. The predicted molar refractivity (Wildman–Crippen MR) is 132 cm³/mol. The van der Waals surface area contributed by atoms with Crippen LogP contribution in [0.3, 0.4) is 0 Å². The number of carbonyl (C=O) groups is 1. The Balaban J connectivity index is 1.50. The third-order valence-electron chi connectivity index (χ3n) is 4.96. The number of sulfone groups is 1. The van der Waals surface area contributed by atoms with E-state index in [-0.39, 0.29) is 44.4 Å². The van der Waals surface area contributed by atoms with Crippen molar-refractivity contribution in [3.05, 3.63) is 100 Å². The molecule has 0 saturated carbocycles. The molecule has 4 rings (SSSR count). The molecule has 1 aromatic heterocycles. The molecular formula is C25H18Cl2FNO6S. The van der Waals surface area contributed by atoms with Gasteiger partial charge in [0.05, 0.1) is 21.9 Å². The van der Waals surface area contributed by atoms with Gasteiger partial charge < -0.3 is 19.2 Å². The van der Waals surface area contributed by atoms with E-state index in [1.807, 2.05) is 0 Å². The minimum absolute atomic E-state index is 0.0364. The van der Waals surface area contributed by atoms with E-state index in [0.717, 1.165) is 6.07 Å². The number of hydrogen-bond acceptors (Lipinski definition) is 6. The summed E-state index contributed by atoms with van der Waals surface area (Å²) in [6.07, 6.45) is 0. The van der Waals surface area contributed by atoms with Crippen LogP contribution in [0.1, 0.15) is 16.3 Å². The Kier molecular flexibility index (Phi) is 7.53. The third-order valence-corrected chi connectivity index (χ3v) is 7.25. The Morgan fingerprint density at radius 3 is 2.42 bits per heavy atom. The molecule has 0 bridgehead atoms. The topological polar surface area (TPSA) is 94.8 Å². The van der Waals surface area contributed by atoms with Gasteiger partial charge in [0.25, 0.3) is 5.91 Å². The molecule has 0 radical (unpaired) electrons. The number of benzene rings is 3. The first-order chi connectivity index (χ1) is 17.2. The molecular weight excluding hydrogens is 532 g/mol. The molecule has 1 heterocycles. The lowest BCUT2D eigenvalue weighted by Crippen LogP contribution is -2.12. The molecule has 0 spiro atoms. The molecule has 0 unspecified atom stereocenters. The first kappa shape index (κ1) is 25.6. The molecule has 0 aliphatic rings. The molecule has 0 aliphatic carbocycles. The number of ether oxygens (including phenoxy) is 2. The fourth-order valence-electron chi connectivity index (χ4n) is 3.18. The summed E-state index contributed by atoms with van der Waals surface area (Å²) in [5, 5.41) is 3.11. The van der Waals surface area contributed by atoms with E-state index < -0.39 is 21.6 Å². The highest BCUT2D eigenvalue weighted by Crippen LogP contribution is 2.30. The number of furan rings is 1. The molecule has 1 amide bonds. The summed E-state index contributed by atoms with van der Waals surface area (Å²) < 4.78 is 55.6. The molecule has 0 aliphatic heterocycles. The van der Waals surface area contributed by atoms with Gasteiger partial charge in [-0.3, -0.25) is 4.79 Å². The monoisotopic (exact) mass is 549 g/mol. The highest BCUT2D eigenvalue weighted by Gasteiger charge is 2.21. The Morgan fingerprint density at radius 2 is 1.72 bits per heavy atom. The number of amides is 1. The van der Waals surface area contributed by atoms with Crippen molar-refractivity contribution in [1.29, 1.82) is 0 Å². The summed E-state index contributed by atoms with van der Waals surface area (Å²) in [7, 11) is -2.53. The summed E-state index contributed by atoms with van der Waals surface area (Å²) in [6, 6.07) is 16.5. The number of rotatable bonds is 8. The van der Waals surface area contributed by atoms with Crippen molar-refractivity contribution in [3.63, 3.8) is 0 Å². The zero-order valence-corrected chi connectivity index (χ0v) is 21.0. The van der Waals surface area contributed by atoms with E-state index in [2.05, 4.69) is 5.32 Å². The molecule has 4 aromatic rings. The molecule has 7 nitrogen and oxygen atoms in total. The minimum atomic E-state index is -3.91. The summed E-state index contributed by atoms with van der Waals surface area (Å²) in [5.74, 6) is -0.354. The van der Waals surface area contributed by atoms with Crippen molar-refractivity contribution in [2.24, 2.45) is 0 Å². The maximum Gasteiger partial charge on any atom is 0.291 e. The highest BCUT2D eigenvalue weighted by molar-refractivity contribution is 7.91. The average Bonchev–Trinajstić information content (AvgIpc) is 3.33. The number of halogens is 3. The van der Waals surface area contributed by atoms with Crippen LogP contribution in [0.15, 0.2) is 87.0 Å². The second kappa shape index (κ2) is 10.6. The van der Waals surface area contributed by atoms with Crippen LogP contribution >= 0.6 is 23.2 Å². The zero-order valence-electron chi connectivity index (χ0n) is 18.6. The lowest BCUT2D eigenvalue weighted by Gasteiger charge is -2.11. The summed E-state index contributed by atoms with van der Waals surface area (Å²) in [5.41, 5.74) is 0.180. The summed E-state index contributed by atoms with van der Waals surface area (Å²) in [6.45, 7) is -0.0543. The molecule has 186 valence electrons. The number of carbonyl (C=O) groups excluding carboxylic acids is 1. The standard InChI is InChI=1S/C25H18Cl2FNO6S/c1-33-19-11-17(12-21(13-19)36(31,32)20-6-2-15(26)3-7-20)29-25(30)24-9-5-18(35-24)14-34-23-8-4-16(28)10-22(23)27/h2-13H,14H2,1H3,(H,29,30). The first-order valence-corrected chi connectivity index (χ1v) is 12.6. The Bertz CT molecular complexity index is 1520. The third kappa shape index (κ3) is 5.81. The average molecular weight is 550 g/mol. The van der Waals surface area contributed by atoms with Gasteiger partial charge in [0.2, 0.25) is 9.84 Å². The van der Waals surface area contributed by atoms with E-state index in [1.165, 1.54) is 73.8 Å². The van der Waals surface area contributed by atoms with Gasteiger partial charge in [-0.25, -0.2) is 12.8 Å². The van der Waals surface area contributed by atoms with Crippen molar-refractivity contribution in [3.8, 4) is 11.5 Å². The lowest BCUT2D eigenvalue weighted by molar-refractivity contribution is 0.0992. The van der Waals surface area contributed by atoms with Crippen LogP contribution < -0.4 is 14.8 Å². The van der Waals surface area contributed by atoms with Crippen molar-refractivity contribution in [1.82, 2.24) is 0 Å². The van der Waals surface area contributed by atoms with Gasteiger partial charge in [0.1, 0.15) is 29.7 Å². The van der Waals surface area contributed by atoms with Crippen LogP contribution in [0, 0.1) is 5.82 Å². The van der Waals surface area contributed by atoms with Crippen LogP contribution in [-0.4, -0.2) is 21.4 Å². The first-order valence-electron chi connectivity index (χ1n) is 10.3. The van der Waals surface area contributed by atoms with Crippen molar-refractivity contribution in [2.45, 2.75) is 16.4 Å². The zero-order chi connectivity index (χ0) is 25.9. The molecule has 0 fully saturated rings. The SMILES string of the molecule is COc1cc(NC(=O)c2ccc(COc3ccc(F)cc3Cl)o2)cc(S(=O)(=O)c2ccc(Cl)cc2)c1. The second-order valence-electron chi connectivity index (χ2n) is 7.44. The normalized spacial score (nSPS) is 11.2. The van der Waals surface area contributed by atoms with Gasteiger partial charge in [-0.1, -0.05) is 23.2 Å². The van der Waals surface area contributed by atoms with E-state index in [1.54, 1.807) is 0 Å². The number of methoxy groups -OCH3 is 1.